The fourth-order valence-electron chi connectivity index (χ4n) is 4.34. The van der Waals surface area contributed by atoms with Crippen LogP contribution in [0.3, 0.4) is 0 Å². The summed E-state index contributed by atoms with van der Waals surface area (Å²) < 4.78 is 16.8. The number of carbonyl (C=O) groups excluding carboxylic acids is 1. The van der Waals surface area contributed by atoms with Crippen molar-refractivity contribution in [2.45, 2.75) is 26.9 Å². The van der Waals surface area contributed by atoms with Crippen molar-refractivity contribution in [1.82, 2.24) is 34.2 Å². The molecule has 170 valence electrons. The summed E-state index contributed by atoms with van der Waals surface area (Å²) in [6, 6.07) is 10.2. The second-order valence-electron chi connectivity index (χ2n) is 8.28. The van der Waals surface area contributed by atoms with Gasteiger partial charge in [-0.2, -0.15) is 10.2 Å². The van der Waals surface area contributed by atoms with E-state index in [4.69, 9.17) is 0 Å². The number of amides is 1. The lowest BCUT2D eigenvalue weighted by Gasteiger charge is -2.34. The van der Waals surface area contributed by atoms with Crippen molar-refractivity contribution in [2.24, 2.45) is 0 Å². The van der Waals surface area contributed by atoms with E-state index in [1.807, 2.05) is 28.8 Å². The number of aryl methyl sites for hydroxylation is 1. The first-order valence-electron chi connectivity index (χ1n) is 11.2. The molecule has 5 rings (SSSR count). The lowest BCUT2D eigenvalue weighted by Crippen LogP contribution is -2.48. The fraction of sp³-hybridized carbons (Fsp3) is 0.333. The number of hydrogen-bond acceptors (Lipinski definition) is 5. The van der Waals surface area contributed by atoms with Crippen molar-refractivity contribution in [3.05, 3.63) is 71.6 Å². The molecule has 9 heteroatoms. The molecule has 4 aromatic rings. The molecule has 0 saturated carbocycles. The lowest BCUT2D eigenvalue weighted by atomic mass is 10.2. The van der Waals surface area contributed by atoms with Gasteiger partial charge in [0.15, 0.2) is 11.3 Å². The topological polar surface area (TPSA) is 71.6 Å². The zero-order chi connectivity index (χ0) is 22.9. The van der Waals surface area contributed by atoms with Crippen LogP contribution in [0.5, 0.6) is 0 Å². The Bertz CT molecular complexity index is 1290. The average Bonchev–Trinajstić information content (AvgIpc) is 3.44. The van der Waals surface area contributed by atoms with Gasteiger partial charge >= 0.3 is 0 Å². The molecule has 1 amide bonds. The molecule has 0 bridgehead atoms. The van der Waals surface area contributed by atoms with Crippen LogP contribution in [0.2, 0.25) is 0 Å². The van der Waals surface area contributed by atoms with Crippen LogP contribution in [-0.4, -0.2) is 66.3 Å². The molecular formula is C24H26FN7O. The highest BCUT2D eigenvalue weighted by Crippen LogP contribution is 2.24. The summed E-state index contributed by atoms with van der Waals surface area (Å²) in [4.78, 5) is 21.7. The summed E-state index contributed by atoms with van der Waals surface area (Å²) in [7, 11) is 0. The van der Waals surface area contributed by atoms with Gasteiger partial charge in [0.25, 0.3) is 5.91 Å². The predicted molar refractivity (Wildman–Crippen MR) is 122 cm³/mol. The zero-order valence-corrected chi connectivity index (χ0v) is 18.8. The van der Waals surface area contributed by atoms with E-state index in [1.54, 1.807) is 28.9 Å². The smallest absolute Gasteiger partial charge is 0.274 e. The summed E-state index contributed by atoms with van der Waals surface area (Å²) in [5.74, 6) is -0.317. The summed E-state index contributed by atoms with van der Waals surface area (Å²) >= 11 is 0. The fourth-order valence-corrected chi connectivity index (χ4v) is 4.34. The third-order valence-corrected chi connectivity index (χ3v) is 6.23. The summed E-state index contributed by atoms with van der Waals surface area (Å²) in [5, 5.41) is 9.04. The van der Waals surface area contributed by atoms with Gasteiger partial charge in [-0.15, -0.1) is 0 Å². The number of hydrogen-bond donors (Lipinski definition) is 0. The number of benzene rings is 1. The molecular weight excluding hydrogens is 421 g/mol. The van der Waals surface area contributed by atoms with Crippen LogP contribution in [0.4, 0.5) is 4.39 Å². The van der Waals surface area contributed by atoms with E-state index in [0.717, 1.165) is 48.7 Å². The van der Waals surface area contributed by atoms with Crippen molar-refractivity contribution >= 4 is 11.6 Å². The first-order chi connectivity index (χ1) is 16.0. The number of carbonyl (C=O) groups is 1. The number of piperazine rings is 1. The summed E-state index contributed by atoms with van der Waals surface area (Å²) in [5.41, 5.74) is 4.97. The van der Waals surface area contributed by atoms with Crippen LogP contribution in [0.1, 0.15) is 28.7 Å². The van der Waals surface area contributed by atoms with Gasteiger partial charge in [0.1, 0.15) is 5.82 Å². The molecule has 3 aromatic heterocycles. The largest absolute Gasteiger partial charge is 0.335 e. The van der Waals surface area contributed by atoms with Crippen molar-refractivity contribution in [3.8, 4) is 11.3 Å². The molecule has 0 spiro atoms. The highest BCUT2D eigenvalue weighted by Gasteiger charge is 2.25. The van der Waals surface area contributed by atoms with Crippen LogP contribution >= 0.6 is 0 Å². The number of fused-ring (bicyclic) bond motifs is 1. The molecule has 1 aliphatic heterocycles. The predicted octanol–water partition coefficient (Wildman–Crippen LogP) is 3.02. The van der Waals surface area contributed by atoms with E-state index in [0.29, 0.717) is 24.4 Å². The van der Waals surface area contributed by atoms with Gasteiger partial charge in [-0.05, 0) is 37.6 Å². The van der Waals surface area contributed by atoms with E-state index < -0.39 is 0 Å². The normalized spacial score (nSPS) is 14.8. The van der Waals surface area contributed by atoms with Gasteiger partial charge in [0.2, 0.25) is 0 Å². The number of halogens is 1. The van der Waals surface area contributed by atoms with E-state index >= 15 is 0 Å². The van der Waals surface area contributed by atoms with Gasteiger partial charge in [-0.1, -0.05) is 12.1 Å². The van der Waals surface area contributed by atoms with Crippen LogP contribution in [0.25, 0.3) is 16.9 Å². The molecule has 0 N–H and O–H groups in total. The maximum atomic E-state index is 13.2. The summed E-state index contributed by atoms with van der Waals surface area (Å²) in [6.45, 7) is 8.37. The number of nitrogens with zero attached hydrogens (tertiary/aromatic N) is 7. The molecule has 0 unspecified atom stereocenters. The van der Waals surface area contributed by atoms with Crippen LogP contribution in [0, 0.1) is 12.7 Å². The molecule has 1 fully saturated rings. The average molecular weight is 448 g/mol. The number of rotatable bonds is 5. The maximum absolute atomic E-state index is 13.2. The highest BCUT2D eigenvalue weighted by atomic mass is 19.1. The van der Waals surface area contributed by atoms with Crippen LogP contribution in [0.15, 0.2) is 48.8 Å². The first-order valence-corrected chi connectivity index (χ1v) is 11.2. The first kappa shape index (κ1) is 21.3. The van der Waals surface area contributed by atoms with Crippen LogP contribution in [-0.2, 0) is 13.1 Å². The third kappa shape index (κ3) is 4.11. The van der Waals surface area contributed by atoms with Gasteiger partial charge in [-0.3, -0.25) is 14.4 Å². The number of aromatic nitrogens is 5. The molecule has 1 aliphatic rings. The minimum Gasteiger partial charge on any atom is -0.335 e. The molecule has 4 heterocycles. The Labute approximate surface area is 191 Å². The molecule has 0 atom stereocenters. The molecule has 0 radical (unpaired) electrons. The Morgan fingerprint density at radius 2 is 1.85 bits per heavy atom. The standard InChI is InChI=1S/C24H26FN7O/c1-3-31-17(2)20(15-27-31)22-8-9-26-23-14-21(28-32(22)23)24(33)30-12-10-29(11-13-30)16-18-4-6-19(25)7-5-18/h4-9,14-15H,3,10-13,16H2,1-2H3. The minimum absolute atomic E-state index is 0.0890. The minimum atomic E-state index is -0.228. The van der Waals surface area contributed by atoms with E-state index in [2.05, 4.69) is 27.0 Å². The molecule has 1 saturated heterocycles. The van der Waals surface area contributed by atoms with Crippen molar-refractivity contribution in [3.63, 3.8) is 0 Å². The highest BCUT2D eigenvalue weighted by molar-refractivity contribution is 5.93. The monoisotopic (exact) mass is 447 g/mol. The van der Waals surface area contributed by atoms with Crippen molar-refractivity contribution in [2.75, 3.05) is 26.2 Å². The third-order valence-electron chi connectivity index (χ3n) is 6.23. The van der Waals surface area contributed by atoms with Gasteiger partial charge < -0.3 is 4.90 Å². The maximum Gasteiger partial charge on any atom is 0.274 e. The Hall–Kier alpha value is -3.59. The Morgan fingerprint density at radius 3 is 2.55 bits per heavy atom. The SMILES string of the molecule is CCn1ncc(-c2ccnc3cc(C(=O)N4CCN(Cc5ccc(F)cc5)CC4)nn23)c1C. The van der Waals surface area contributed by atoms with Gasteiger partial charge in [0, 0.05) is 62.8 Å². The van der Waals surface area contributed by atoms with Crippen molar-refractivity contribution in [1.29, 1.82) is 0 Å². The van der Waals surface area contributed by atoms with Crippen molar-refractivity contribution < 1.29 is 9.18 Å². The Morgan fingerprint density at radius 1 is 1.09 bits per heavy atom. The van der Waals surface area contributed by atoms with Gasteiger partial charge in [-0.25, -0.2) is 13.9 Å². The Kier molecular flexibility index (Phi) is 5.63. The van der Waals surface area contributed by atoms with E-state index in [1.165, 1.54) is 12.1 Å². The Balaban J connectivity index is 1.31. The molecule has 8 nitrogen and oxygen atoms in total. The van der Waals surface area contributed by atoms with E-state index in [9.17, 15) is 9.18 Å². The second-order valence-corrected chi connectivity index (χ2v) is 8.28. The molecule has 33 heavy (non-hydrogen) atoms. The second kappa shape index (κ2) is 8.74. The molecule has 0 aliphatic carbocycles. The van der Waals surface area contributed by atoms with E-state index in [-0.39, 0.29) is 11.7 Å². The zero-order valence-electron chi connectivity index (χ0n) is 18.8. The van der Waals surface area contributed by atoms with Gasteiger partial charge in [0.05, 0.1) is 11.9 Å². The lowest BCUT2D eigenvalue weighted by molar-refractivity contribution is 0.0622. The summed E-state index contributed by atoms with van der Waals surface area (Å²) in [6.07, 6.45) is 3.56. The van der Waals surface area contributed by atoms with Crippen LogP contribution < -0.4 is 0 Å². The quantitative estimate of drug-likeness (QED) is 0.470. The molecule has 1 aromatic carbocycles.